The molecule has 0 spiro atoms. The number of aromatic nitrogens is 2. The molecule has 1 aromatic rings. The van der Waals surface area contributed by atoms with Crippen LogP contribution in [0.1, 0.15) is 0 Å². The van der Waals surface area contributed by atoms with E-state index in [9.17, 15) is 10.1 Å². The summed E-state index contributed by atoms with van der Waals surface area (Å²) in [6.45, 7) is 3.46. The molecule has 1 aromatic heterocycles. The highest BCUT2D eigenvalue weighted by Gasteiger charge is 2.25. The molecule has 20 heavy (non-hydrogen) atoms. The lowest BCUT2D eigenvalue weighted by Gasteiger charge is -2.37. The first-order valence-corrected chi connectivity index (χ1v) is 6.36. The molecular formula is C11H19N7O2. The number of rotatable bonds is 4. The Labute approximate surface area is 116 Å². The first-order valence-electron chi connectivity index (χ1n) is 6.36. The molecule has 0 radical (unpaired) electrons. The fourth-order valence-electron chi connectivity index (χ4n) is 2.24. The second-order valence-electron chi connectivity index (χ2n) is 4.99. The van der Waals surface area contributed by atoms with Gasteiger partial charge in [0.25, 0.3) is 0 Å². The fourth-order valence-corrected chi connectivity index (χ4v) is 2.24. The van der Waals surface area contributed by atoms with Crippen molar-refractivity contribution in [2.45, 2.75) is 6.04 Å². The van der Waals surface area contributed by atoms with Crippen molar-refractivity contribution in [2.24, 2.45) is 0 Å². The zero-order chi connectivity index (χ0) is 14.7. The normalized spacial score (nSPS) is 20.8. The van der Waals surface area contributed by atoms with Gasteiger partial charge in [-0.25, -0.2) is 9.97 Å². The maximum Gasteiger partial charge on any atom is 0.352 e. The van der Waals surface area contributed by atoms with Gasteiger partial charge in [-0.15, -0.1) is 0 Å². The molecule has 2 rings (SSSR count). The van der Waals surface area contributed by atoms with Crippen LogP contribution in [0.4, 0.5) is 17.3 Å². The lowest BCUT2D eigenvalue weighted by Crippen LogP contribution is -2.52. The predicted octanol–water partition coefficient (Wildman–Crippen LogP) is -0.375. The van der Waals surface area contributed by atoms with Gasteiger partial charge in [0.2, 0.25) is 11.6 Å². The monoisotopic (exact) mass is 281 g/mol. The fraction of sp³-hybridized carbons (Fsp3) is 0.636. The van der Waals surface area contributed by atoms with Crippen LogP contribution in [-0.4, -0.2) is 71.0 Å². The largest absolute Gasteiger partial charge is 0.378 e. The van der Waals surface area contributed by atoms with E-state index in [0.29, 0.717) is 6.54 Å². The van der Waals surface area contributed by atoms with Crippen molar-refractivity contribution in [2.75, 3.05) is 51.3 Å². The summed E-state index contributed by atoms with van der Waals surface area (Å²) in [4.78, 5) is 22.5. The maximum absolute atomic E-state index is 11.0. The zero-order valence-corrected chi connectivity index (χ0v) is 11.6. The molecule has 0 bridgehead atoms. The highest BCUT2D eigenvalue weighted by Crippen LogP contribution is 2.26. The van der Waals surface area contributed by atoms with Crippen molar-refractivity contribution in [1.29, 1.82) is 0 Å². The number of nitrogens with two attached hydrogens (primary N) is 1. The summed E-state index contributed by atoms with van der Waals surface area (Å²) >= 11 is 0. The van der Waals surface area contributed by atoms with Gasteiger partial charge in [0.1, 0.15) is 6.33 Å². The average Bonchev–Trinajstić information content (AvgIpc) is 2.39. The van der Waals surface area contributed by atoms with Crippen LogP contribution in [0.25, 0.3) is 0 Å². The van der Waals surface area contributed by atoms with Gasteiger partial charge in [0.15, 0.2) is 0 Å². The van der Waals surface area contributed by atoms with Crippen LogP contribution in [0.3, 0.4) is 0 Å². The van der Waals surface area contributed by atoms with E-state index in [0.717, 1.165) is 19.6 Å². The van der Waals surface area contributed by atoms with Gasteiger partial charge in [0.05, 0.1) is 4.92 Å². The van der Waals surface area contributed by atoms with E-state index in [1.807, 2.05) is 7.05 Å². The number of nitrogens with one attached hydrogen (secondary N) is 1. The first-order chi connectivity index (χ1) is 9.49. The summed E-state index contributed by atoms with van der Waals surface area (Å²) in [6, 6.07) is 0.268. The quantitative estimate of drug-likeness (QED) is 0.567. The van der Waals surface area contributed by atoms with Crippen LogP contribution in [0.15, 0.2) is 6.33 Å². The lowest BCUT2D eigenvalue weighted by atomic mass is 10.2. The molecular weight excluding hydrogens is 262 g/mol. The van der Waals surface area contributed by atoms with Crippen molar-refractivity contribution >= 4 is 17.3 Å². The summed E-state index contributed by atoms with van der Waals surface area (Å²) in [7, 11) is 4.10. The number of hydrogen-bond acceptors (Lipinski definition) is 8. The molecule has 3 N–H and O–H groups in total. The summed E-state index contributed by atoms with van der Waals surface area (Å²) in [5.41, 5.74) is 5.26. The average molecular weight is 281 g/mol. The Morgan fingerprint density at radius 3 is 2.95 bits per heavy atom. The van der Waals surface area contributed by atoms with Crippen molar-refractivity contribution in [3.8, 4) is 0 Å². The van der Waals surface area contributed by atoms with Crippen LogP contribution < -0.4 is 11.1 Å². The zero-order valence-electron chi connectivity index (χ0n) is 11.6. The van der Waals surface area contributed by atoms with Gasteiger partial charge in [-0.2, -0.15) is 0 Å². The number of hydrogen-bond donors (Lipinski definition) is 2. The minimum atomic E-state index is -0.561. The molecule has 0 aliphatic carbocycles. The Balaban J connectivity index is 2.07. The van der Waals surface area contributed by atoms with Crippen LogP contribution in [0.5, 0.6) is 0 Å². The number of nitrogens with zero attached hydrogens (tertiary/aromatic N) is 5. The third-order valence-corrected chi connectivity index (χ3v) is 3.52. The number of piperazine rings is 1. The van der Waals surface area contributed by atoms with Crippen LogP contribution in [0, 0.1) is 10.1 Å². The predicted molar refractivity (Wildman–Crippen MR) is 75.5 cm³/mol. The SMILES string of the molecule is CN1CCN(C)C(CNc2ncnc(N)c2[N+](=O)[O-])C1. The van der Waals surface area contributed by atoms with E-state index < -0.39 is 4.92 Å². The smallest absolute Gasteiger partial charge is 0.352 e. The third kappa shape index (κ3) is 3.11. The molecule has 0 saturated carbocycles. The van der Waals surface area contributed by atoms with Gasteiger partial charge >= 0.3 is 5.69 Å². The highest BCUT2D eigenvalue weighted by molar-refractivity contribution is 5.67. The van der Waals surface area contributed by atoms with Crippen molar-refractivity contribution in [3.63, 3.8) is 0 Å². The molecule has 9 nitrogen and oxygen atoms in total. The van der Waals surface area contributed by atoms with Crippen LogP contribution >= 0.6 is 0 Å². The van der Waals surface area contributed by atoms with Gasteiger partial charge < -0.3 is 16.0 Å². The van der Waals surface area contributed by atoms with Gasteiger partial charge in [-0.05, 0) is 14.1 Å². The van der Waals surface area contributed by atoms with E-state index in [-0.39, 0.29) is 23.4 Å². The van der Waals surface area contributed by atoms with E-state index in [1.54, 1.807) is 0 Å². The minimum absolute atomic E-state index is 0.124. The third-order valence-electron chi connectivity index (χ3n) is 3.52. The van der Waals surface area contributed by atoms with Crippen molar-refractivity contribution in [3.05, 3.63) is 16.4 Å². The van der Waals surface area contributed by atoms with E-state index >= 15 is 0 Å². The molecule has 0 amide bonds. The van der Waals surface area contributed by atoms with Gasteiger partial charge in [0, 0.05) is 32.2 Å². The lowest BCUT2D eigenvalue weighted by molar-refractivity contribution is -0.383. The second kappa shape index (κ2) is 5.97. The van der Waals surface area contributed by atoms with Crippen molar-refractivity contribution < 1.29 is 4.92 Å². The molecule has 1 atom stereocenters. The number of anilines is 2. The maximum atomic E-state index is 11.0. The van der Waals surface area contributed by atoms with E-state index in [2.05, 4.69) is 32.1 Å². The number of likely N-dealkylation sites (N-methyl/N-ethyl adjacent to an activating group) is 2. The number of nitro groups is 1. The summed E-state index contributed by atoms with van der Waals surface area (Å²) in [5, 5.41) is 14.0. The van der Waals surface area contributed by atoms with Crippen molar-refractivity contribution in [1.82, 2.24) is 19.8 Å². The Hall–Kier alpha value is -2.00. The van der Waals surface area contributed by atoms with Crippen LogP contribution in [0.2, 0.25) is 0 Å². The first kappa shape index (κ1) is 14.4. The Kier molecular flexibility index (Phi) is 4.30. The molecule has 9 heteroatoms. The number of nitrogen functional groups attached to an aromatic ring is 1. The molecule has 110 valence electrons. The van der Waals surface area contributed by atoms with Crippen LogP contribution in [-0.2, 0) is 0 Å². The molecule has 1 aliphatic rings. The highest BCUT2D eigenvalue weighted by atomic mass is 16.6. The van der Waals surface area contributed by atoms with Gasteiger partial charge in [-0.1, -0.05) is 0 Å². The topological polar surface area (TPSA) is 113 Å². The summed E-state index contributed by atoms with van der Waals surface area (Å²) < 4.78 is 0. The summed E-state index contributed by atoms with van der Waals surface area (Å²) in [6.07, 6.45) is 1.22. The van der Waals surface area contributed by atoms with Gasteiger partial charge in [-0.3, -0.25) is 15.0 Å². The van der Waals surface area contributed by atoms with E-state index in [1.165, 1.54) is 6.33 Å². The second-order valence-corrected chi connectivity index (χ2v) is 4.99. The Morgan fingerprint density at radius 1 is 1.50 bits per heavy atom. The molecule has 1 aliphatic heterocycles. The Bertz CT molecular complexity index is 496. The molecule has 1 saturated heterocycles. The van der Waals surface area contributed by atoms with E-state index in [4.69, 9.17) is 5.73 Å². The summed E-state index contributed by atoms with van der Waals surface area (Å²) in [5.74, 6) is 0.0470. The molecule has 1 fully saturated rings. The molecule has 2 heterocycles. The molecule has 1 unspecified atom stereocenters. The minimum Gasteiger partial charge on any atom is -0.378 e. The standard InChI is InChI=1S/C11H19N7O2/c1-16-3-4-17(2)8(6-16)5-13-11-9(18(19)20)10(12)14-7-15-11/h7-8H,3-6H2,1-2H3,(H3,12,13,14,15). The Morgan fingerprint density at radius 2 is 2.25 bits per heavy atom. The molecule has 0 aromatic carbocycles.